The molecule has 0 unspecified atom stereocenters. The molecule has 0 bridgehead atoms. The fraction of sp³-hybridized carbons (Fsp3) is 0.238. The van der Waals surface area contributed by atoms with E-state index in [2.05, 4.69) is 15.0 Å². The standard InChI is InChI=1S/C21H24N4O3S2/c1-15-7-8-16(2)19(13-15)30(27,28)24-10-9-22-20(26)17-5-4-6-18(14-17)25-12-11-23-21(25)29-3/h4-8,11-14,24H,9-10H2,1-3H3,(H,22,26). The van der Waals surface area contributed by atoms with Crippen LogP contribution in [0.4, 0.5) is 0 Å². The predicted octanol–water partition coefficient (Wildman–Crippen LogP) is 2.92. The minimum Gasteiger partial charge on any atom is -0.351 e. The topological polar surface area (TPSA) is 93.1 Å². The van der Waals surface area contributed by atoms with E-state index in [0.717, 1.165) is 16.4 Å². The van der Waals surface area contributed by atoms with Crippen molar-refractivity contribution in [3.8, 4) is 5.69 Å². The van der Waals surface area contributed by atoms with Gasteiger partial charge in [-0.2, -0.15) is 0 Å². The van der Waals surface area contributed by atoms with Crippen LogP contribution in [0.25, 0.3) is 5.69 Å². The van der Waals surface area contributed by atoms with Crippen molar-refractivity contribution >= 4 is 27.7 Å². The van der Waals surface area contributed by atoms with Crippen LogP contribution < -0.4 is 10.0 Å². The Balaban J connectivity index is 1.60. The summed E-state index contributed by atoms with van der Waals surface area (Å²) in [6.07, 6.45) is 5.49. The molecule has 0 aliphatic heterocycles. The molecule has 0 aliphatic carbocycles. The lowest BCUT2D eigenvalue weighted by molar-refractivity contribution is 0.0954. The van der Waals surface area contributed by atoms with E-state index in [0.29, 0.717) is 11.1 Å². The minimum absolute atomic E-state index is 0.0965. The van der Waals surface area contributed by atoms with Crippen LogP contribution in [0.2, 0.25) is 0 Å². The summed E-state index contributed by atoms with van der Waals surface area (Å²) >= 11 is 1.52. The first-order valence-corrected chi connectivity index (χ1v) is 12.1. The first kappa shape index (κ1) is 22.1. The Hall–Kier alpha value is -2.62. The molecule has 0 saturated carbocycles. The second-order valence-corrected chi connectivity index (χ2v) is 9.27. The van der Waals surface area contributed by atoms with Gasteiger partial charge in [0.05, 0.1) is 4.90 Å². The molecule has 7 nitrogen and oxygen atoms in total. The number of aryl methyl sites for hydroxylation is 2. The molecule has 3 rings (SSSR count). The van der Waals surface area contributed by atoms with Crippen molar-refractivity contribution in [3.63, 3.8) is 0 Å². The number of nitrogens with zero attached hydrogens (tertiary/aromatic N) is 2. The van der Waals surface area contributed by atoms with Gasteiger partial charge in [0.25, 0.3) is 5.91 Å². The number of rotatable bonds is 8. The fourth-order valence-corrected chi connectivity index (χ4v) is 4.86. The van der Waals surface area contributed by atoms with Gasteiger partial charge in [-0.05, 0) is 55.5 Å². The number of thioether (sulfide) groups is 1. The number of hydrogen-bond acceptors (Lipinski definition) is 5. The van der Waals surface area contributed by atoms with E-state index >= 15 is 0 Å². The molecule has 0 fully saturated rings. The second-order valence-electron chi connectivity index (χ2n) is 6.76. The largest absolute Gasteiger partial charge is 0.351 e. The fourth-order valence-electron chi connectivity index (χ4n) is 2.97. The number of sulfonamides is 1. The molecular formula is C21H24N4O3S2. The Morgan fingerprint density at radius 1 is 1.13 bits per heavy atom. The molecule has 1 heterocycles. The second kappa shape index (κ2) is 9.46. The maximum atomic E-state index is 12.5. The first-order chi connectivity index (χ1) is 14.3. The molecule has 0 saturated heterocycles. The van der Waals surface area contributed by atoms with E-state index in [1.807, 2.05) is 36.1 Å². The molecule has 1 amide bonds. The molecule has 0 radical (unpaired) electrons. The molecule has 0 spiro atoms. The van der Waals surface area contributed by atoms with E-state index in [-0.39, 0.29) is 23.9 Å². The van der Waals surface area contributed by atoms with E-state index in [1.165, 1.54) is 11.8 Å². The van der Waals surface area contributed by atoms with Crippen molar-refractivity contribution < 1.29 is 13.2 Å². The van der Waals surface area contributed by atoms with Crippen molar-refractivity contribution in [1.29, 1.82) is 0 Å². The van der Waals surface area contributed by atoms with Gasteiger partial charge in [-0.3, -0.25) is 9.36 Å². The summed E-state index contributed by atoms with van der Waals surface area (Å²) in [6.45, 7) is 3.87. The van der Waals surface area contributed by atoms with Crippen molar-refractivity contribution in [2.75, 3.05) is 19.3 Å². The number of imidazole rings is 1. The van der Waals surface area contributed by atoms with Crippen LogP contribution in [0.1, 0.15) is 21.5 Å². The van der Waals surface area contributed by atoms with Gasteiger partial charge in [-0.25, -0.2) is 18.1 Å². The lowest BCUT2D eigenvalue weighted by Crippen LogP contribution is -2.35. The number of carbonyl (C=O) groups excluding carboxylic acids is 1. The predicted molar refractivity (Wildman–Crippen MR) is 119 cm³/mol. The molecule has 30 heavy (non-hydrogen) atoms. The van der Waals surface area contributed by atoms with Gasteiger partial charge in [0.1, 0.15) is 0 Å². The highest BCUT2D eigenvalue weighted by Gasteiger charge is 2.16. The zero-order valence-corrected chi connectivity index (χ0v) is 18.7. The summed E-state index contributed by atoms with van der Waals surface area (Å²) in [6, 6.07) is 12.5. The zero-order chi connectivity index (χ0) is 21.7. The summed E-state index contributed by atoms with van der Waals surface area (Å²) in [5.41, 5.74) is 2.88. The van der Waals surface area contributed by atoms with E-state index in [1.54, 1.807) is 43.5 Å². The Bertz CT molecular complexity index is 1160. The molecule has 9 heteroatoms. The molecule has 2 aromatic carbocycles. The molecule has 158 valence electrons. The molecule has 3 aromatic rings. The van der Waals surface area contributed by atoms with Crippen molar-refractivity contribution in [1.82, 2.24) is 19.6 Å². The Morgan fingerprint density at radius 2 is 1.93 bits per heavy atom. The lowest BCUT2D eigenvalue weighted by Gasteiger charge is -2.11. The third-order valence-corrected chi connectivity index (χ3v) is 6.78. The third kappa shape index (κ3) is 5.10. The van der Waals surface area contributed by atoms with Crippen molar-refractivity contribution in [2.45, 2.75) is 23.9 Å². The van der Waals surface area contributed by atoms with Crippen LogP contribution >= 0.6 is 11.8 Å². The average Bonchev–Trinajstić information content (AvgIpc) is 3.22. The summed E-state index contributed by atoms with van der Waals surface area (Å²) < 4.78 is 29.5. The summed E-state index contributed by atoms with van der Waals surface area (Å²) in [5, 5.41) is 3.58. The maximum absolute atomic E-state index is 12.5. The van der Waals surface area contributed by atoms with Crippen LogP contribution in [0.15, 0.2) is 64.9 Å². The smallest absolute Gasteiger partial charge is 0.251 e. The number of carbonyl (C=O) groups is 1. The molecular weight excluding hydrogens is 420 g/mol. The average molecular weight is 445 g/mol. The van der Waals surface area contributed by atoms with Gasteiger partial charge in [0, 0.05) is 36.7 Å². The van der Waals surface area contributed by atoms with E-state index in [9.17, 15) is 13.2 Å². The summed E-state index contributed by atoms with van der Waals surface area (Å²) in [7, 11) is -3.63. The number of benzene rings is 2. The van der Waals surface area contributed by atoms with Gasteiger partial charge < -0.3 is 5.32 Å². The number of nitrogens with one attached hydrogen (secondary N) is 2. The molecule has 0 atom stereocenters. The minimum atomic E-state index is -3.63. The highest BCUT2D eigenvalue weighted by molar-refractivity contribution is 7.98. The van der Waals surface area contributed by atoms with Gasteiger partial charge in [0.2, 0.25) is 10.0 Å². The van der Waals surface area contributed by atoms with Gasteiger partial charge in [0.15, 0.2) is 5.16 Å². The molecule has 0 aliphatic rings. The van der Waals surface area contributed by atoms with Crippen LogP contribution in [0.5, 0.6) is 0 Å². The Labute approximate surface area is 181 Å². The Morgan fingerprint density at radius 3 is 2.70 bits per heavy atom. The van der Waals surface area contributed by atoms with Crippen LogP contribution in [-0.2, 0) is 10.0 Å². The van der Waals surface area contributed by atoms with Crippen LogP contribution in [0.3, 0.4) is 0 Å². The normalized spacial score (nSPS) is 11.4. The highest BCUT2D eigenvalue weighted by Crippen LogP contribution is 2.19. The number of hydrogen-bond donors (Lipinski definition) is 2. The van der Waals surface area contributed by atoms with E-state index in [4.69, 9.17) is 0 Å². The first-order valence-electron chi connectivity index (χ1n) is 9.35. The summed E-state index contributed by atoms with van der Waals surface area (Å²) in [4.78, 5) is 17.0. The summed E-state index contributed by atoms with van der Waals surface area (Å²) in [5.74, 6) is -0.270. The van der Waals surface area contributed by atoms with Crippen LogP contribution in [0, 0.1) is 13.8 Å². The quantitative estimate of drug-likeness (QED) is 0.412. The van der Waals surface area contributed by atoms with Gasteiger partial charge in [-0.1, -0.05) is 30.0 Å². The SMILES string of the molecule is CSc1nccn1-c1cccc(C(=O)NCCNS(=O)(=O)c2cc(C)ccc2C)c1. The maximum Gasteiger partial charge on any atom is 0.251 e. The molecule has 2 N–H and O–H groups in total. The Kier molecular flexibility index (Phi) is 6.96. The van der Waals surface area contributed by atoms with Gasteiger partial charge in [-0.15, -0.1) is 0 Å². The van der Waals surface area contributed by atoms with E-state index < -0.39 is 10.0 Å². The zero-order valence-electron chi connectivity index (χ0n) is 17.0. The number of amides is 1. The monoisotopic (exact) mass is 444 g/mol. The lowest BCUT2D eigenvalue weighted by atomic mass is 10.2. The number of aromatic nitrogens is 2. The van der Waals surface area contributed by atoms with Crippen molar-refractivity contribution in [2.24, 2.45) is 0 Å². The van der Waals surface area contributed by atoms with Crippen LogP contribution in [-0.4, -0.2) is 43.2 Å². The van der Waals surface area contributed by atoms with Crippen molar-refractivity contribution in [3.05, 3.63) is 71.5 Å². The molecule has 1 aromatic heterocycles. The highest BCUT2D eigenvalue weighted by atomic mass is 32.2. The third-order valence-electron chi connectivity index (χ3n) is 4.51. The van der Waals surface area contributed by atoms with Gasteiger partial charge >= 0.3 is 0 Å².